The van der Waals surface area contributed by atoms with Gasteiger partial charge in [0.2, 0.25) is 0 Å². The Hall–Kier alpha value is -2.02. The maximum absolute atomic E-state index is 14.0. The number of hydrogen-bond acceptors (Lipinski definition) is 4. The van der Waals surface area contributed by atoms with Gasteiger partial charge in [0.25, 0.3) is 0 Å². The van der Waals surface area contributed by atoms with Gasteiger partial charge in [-0.1, -0.05) is 6.92 Å². The minimum absolute atomic E-state index is 0.778. The first kappa shape index (κ1) is 38.0. The number of halogens is 20. The molecule has 0 atom stereocenters. The molecule has 0 radical (unpaired) electrons. The smallest absolute Gasteiger partial charge is 0.532 e. The van der Waals surface area contributed by atoms with Gasteiger partial charge in [-0.15, -0.1) is 13.4 Å². The molecule has 0 aromatic rings. The summed E-state index contributed by atoms with van der Waals surface area (Å²) in [5.41, 5.74) is -5.65. The van der Waals surface area contributed by atoms with Crippen molar-refractivity contribution >= 4 is 16.0 Å². The van der Waals surface area contributed by atoms with Gasteiger partial charge in [-0.05, 0) is 0 Å². The van der Waals surface area contributed by atoms with Crippen molar-refractivity contribution in [3.63, 3.8) is 0 Å². The number of alkyl halides is 20. The lowest BCUT2D eigenvalue weighted by Gasteiger charge is -2.41. The van der Waals surface area contributed by atoms with E-state index in [1.54, 1.807) is 0 Å². The summed E-state index contributed by atoms with van der Waals surface area (Å²) in [6, 6.07) is -6.58. The molecule has 0 unspecified atom stereocenters. The summed E-state index contributed by atoms with van der Waals surface area (Å²) in [7, 11) is -6.09. The minimum Gasteiger partial charge on any atom is -0.741 e. The van der Waals surface area contributed by atoms with Crippen LogP contribution in [0.4, 0.5) is 87.8 Å². The van der Waals surface area contributed by atoms with E-state index in [2.05, 4.69) is 4.74 Å². The molecule has 0 aromatic carbocycles. The third-order valence-corrected chi connectivity index (χ3v) is 5.08. The first-order valence-electron chi connectivity index (χ1n) is 9.05. The van der Waals surface area contributed by atoms with E-state index in [0.717, 1.165) is 6.92 Å². The second kappa shape index (κ2) is 10.4. The van der Waals surface area contributed by atoms with Crippen molar-refractivity contribution in [2.45, 2.75) is 66.6 Å². The van der Waals surface area contributed by atoms with E-state index in [-0.39, 0.29) is 0 Å². The van der Waals surface area contributed by atoms with Crippen LogP contribution >= 0.6 is 0 Å². The molecule has 0 saturated carbocycles. The largest absolute Gasteiger partial charge is 0.741 e. The summed E-state index contributed by atoms with van der Waals surface area (Å²) in [6.45, 7) is -1.46. The maximum Gasteiger partial charge on any atom is 0.532 e. The van der Waals surface area contributed by atoms with Crippen LogP contribution in [0.3, 0.4) is 0 Å². The highest BCUT2D eigenvalue weighted by Gasteiger charge is 2.97. The van der Waals surface area contributed by atoms with Crippen molar-refractivity contribution in [3.8, 4) is 0 Å². The zero-order valence-electron chi connectivity index (χ0n) is 18.2. The summed E-state index contributed by atoms with van der Waals surface area (Å²) >= 11 is 0. The third kappa shape index (κ3) is 5.69. The normalized spacial score (nSPS) is 17.4. The van der Waals surface area contributed by atoms with Crippen molar-refractivity contribution < 1.29 is 110 Å². The van der Waals surface area contributed by atoms with Crippen molar-refractivity contribution in [3.05, 3.63) is 0 Å². The van der Waals surface area contributed by atoms with Crippen LogP contribution in [0.5, 0.6) is 0 Å². The van der Waals surface area contributed by atoms with E-state index in [4.69, 9.17) is 13.0 Å². The fraction of sp³-hybridized carbons (Fsp3) is 0.929. The zero-order valence-corrected chi connectivity index (χ0v) is 19.0. The van der Waals surface area contributed by atoms with Gasteiger partial charge in [0.1, 0.15) is 0 Å². The van der Waals surface area contributed by atoms with Gasteiger partial charge in [0, 0.05) is 0 Å². The number of rotatable bonds is 8. The highest BCUT2D eigenvalue weighted by atomic mass is 32.2. The van der Waals surface area contributed by atoms with Crippen molar-refractivity contribution in [2.24, 2.45) is 0 Å². The second-order valence-corrected chi connectivity index (χ2v) is 8.50. The van der Waals surface area contributed by atoms with Crippen LogP contribution in [-0.2, 0) is 14.9 Å². The standard InChI is InChI=1S/C13H9F17NO.CHF3O3S/c1-2-5-31(3-4-32-5)13(29,30)11(24,25)9(20,21)7(16,17)6(14,15)8(18,19)10(22,23)12(26,27)28;2-1(3,4)8(5,6)7/h2-4H2,1H3;(H,5,6,7)/q+1;/p-1. The maximum atomic E-state index is 14.0. The molecule has 0 saturated heterocycles. The molecule has 0 fully saturated rings. The minimum atomic E-state index is -8.62. The molecule has 1 heterocycles. The van der Waals surface area contributed by atoms with Crippen LogP contribution in [0.2, 0.25) is 0 Å². The summed E-state index contributed by atoms with van der Waals surface area (Å²) < 4.78 is 286. The summed E-state index contributed by atoms with van der Waals surface area (Å²) in [6.07, 6.45) is -8.55. The van der Waals surface area contributed by atoms with Gasteiger partial charge in [0.05, 0.1) is 6.42 Å². The molecule has 5 nitrogen and oxygen atoms in total. The summed E-state index contributed by atoms with van der Waals surface area (Å²) in [5, 5.41) is 0. The quantitative estimate of drug-likeness (QED) is 0.107. The fourth-order valence-corrected chi connectivity index (χ4v) is 2.37. The molecule has 0 aromatic heterocycles. The predicted octanol–water partition coefficient (Wildman–Crippen LogP) is 5.86. The Balaban J connectivity index is 0.00000165. The molecule has 1 aliphatic heterocycles. The second-order valence-electron chi connectivity index (χ2n) is 7.13. The lowest BCUT2D eigenvalue weighted by Crippen LogP contribution is -2.75. The molecular weight excluding hydrogens is 658 g/mol. The highest BCUT2D eigenvalue weighted by molar-refractivity contribution is 7.86. The number of ether oxygens (including phenoxy) is 1. The molecule has 0 N–H and O–H groups in total. The van der Waals surface area contributed by atoms with E-state index in [9.17, 15) is 87.8 Å². The van der Waals surface area contributed by atoms with E-state index in [0.29, 0.717) is 0 Å². The van der Waals surface area contributed by atoms with E-state index >= 15 is 0 Å². The first-order valence-corrected chi connectivity index (χ1v) is 10.5. The Bertz CT molecular complexity index is 1060. The Labute approximate surface area is 207 Å². The Morgan fingerprint density at radius 1 is 0.650 bits per heavy atom. The summed E-state index contributed by atoms with van der Waals surface area (Å²) in [4.78, 5) is 0. The fourth-order valence-electron chi connectivity index (χ4n) is 2.37. The van der Waals surface area contributed by atoms with Gasteiger partial charge < -0.3 is 9.29 Å². The number of hydrogen-bond donors (Lipinski definition) is 0. The molecular formula is C14H9F20NO4S. The molecule has 0 aliphatic carbocycles. The van der Waals surface area contributed by atoms with E-state index in [1.807, 2.05) is 0 Å². The molecule has 1 rings (SSSR count). The van der Waals surface area contributed by atoms with E-state index in [1.165, 1.54) is 0 Å². The Kier molecular flexibility index (Phi) is 9.84. The SMILES string of the molecule is CCC1=[N+](C(F)(F)C(F)(F)C(F)(F)C(F)(F)C(F)(F)C(F)(F)C(F)(F)C(F)(F)F)CCO1.O=S(=O)([O-])C(F)(F)F. The lowest BCUT2D eigenvalue weighted by molar-refractivity contribution is -0.709. The van der Waals surface area contributed by atoms with Crippen molar-refractivity contribution in [2.75, 3.05) is 13.2 Å². The molecule has 0 bridgehead atoms. The van der Waals surface area contributed by atoms with Crippen molar-refractivity contribution in [1.82, 2.24) is 0 Å². The van der Waals surface area contributed by atoms with Crippen LogP contribution in [0, 0.1) is 0 Å². The zero-order chi connectivity index (χ0) is 33.0. The van der Waals surface area contributed by atoms with Gasteiger partial charge in [0.15, 0.2) is 23.3 Å². The molecule has 0 amide bonds. The van der Waals surface area contributed by atoms with Gasteiger partial charge >= 0.3 is 59.2 Å². The third-order valence-electron chi connectivity index (χ3n) is 4.52. The molecule has 26 heteroatoms. The average molecular weight is 667 g/mol. The van der Waals surface area contributed by atoms with Crippen LogP contribution in [0.15, 0.2) is 0 Å². The number of nitrogens with zero attached hydrogens (tertiary/aromatic N) is 1. The van der Waals surface area contributed by atoms with Crippen LogP contribution in [0.1, 0.15) is 13.3 Å². The van der Waals surface area contributed by atoms with Gasteiger partial charge in [-0.25, -0.2) is 8.42 Å². The highest BCUT2D eigenvalue weighted by Crippen LogP contribution is 2.64. The molecule has 1 aliphatic rings. The monoisotopic (exact) mass is 667 g/mol. The van der Waals surface area contributed by atoms with Crippen LogP contribution < -0.4 is 0 Å². The Morgan fingerprint density at radius 2 is 0.950 bits per heavy atom. The van der Waals surface area contributed by atoms with Crippen LogP contribution in [-0.4, -0.2) is 89.9 Å². The van der Waals surface area contributed by atoms with Crippen molar-refractivity contribution in [1.29, 1.82) is 0 Å². The molecule has 0 spiro atoms. The van der Waals surface area contributed by atoms with E-state index < -0.39 is 93.4 Å². The average Bonchev–Trinajstić information content (AvgIpc) is 3.20. The van der Waals surface area contributed by atoms with Crippen LogP contribution in [0.25, 0.3) is 0 Å². The van der Waals surface area contributed by atoms with Gasteiger partial charge in [-0.2, -0.15) is 79.0 Å². The first-order chi connectivity index (χ1) is 17.1. The predicted molar refractivity (Wildman–Crippen MR) is 82.8 cm³/mol. The topological polar surface area (TPSA) is 69.4 Å². The van der Waals surface area contributed by atoms with Gasteiger partial charge in [-0.3, -0.25) is 0 Å². The lowest BCUT2D eigenvalue weighted by atomic mass is 9.90. The molecule has 240 valence electrons. The molecule has 40 heavy (non-hydrogen) atoms. The Morgan fingerprint density at radius 3 is 1.23 bits per heavy atom. The summed E-state index contributed by atoms with van der Waals surface area (Å²) in [5.74, 6) is -51.2.